The van der Waals surface area contributed by atoms with Gasteiger partial charge in [-0.1, -0.05) is 11.3 Å². The molecule has 1 aromatic rings. The number of carboxylic acids is 1. The number of nitrogens with one attached hydrogen (secondary N) is 1. The number of nitrogens with zero attached hydrogens (tertiary/aromatic N) is 1. The van der Waals surface area contributed by atoms with Gasteiger partial charge in [-0.3, -0.25) is 4.79 Å². The number of rotatable bonds is 4. The van der Waals surface area contributed by atoms with Crippen LogP contribution >= 0.6 is 11.3 Å². The molecule has 104 valence electrons. The summed E-state index contributed by atoms with van der Waals surface area (Å²) in [6.45, 7) is 1.14. The maximum atomic E-state index is 12.7. The van der Waals surface area contributed by atoms with Crippen molar-refractivity contribution in [3.8, 4) is 0 Å². The zero-order chi connectivity index (χ0) is 14.4. The fourth-order valence-corrected chi connectivity index (χ4v) is 2.52. The first-order valence-corrected chi connectivity index (χ1v) is 6.08. The molecule has 0 atom stereocenters. The molecule has 0 amide bonds. The Balaban J connectivity index is 2.30. The van der Waals surface area contributed by atoms with Crippen molar-refractivity contribution in [3.63, 3.8) is 0 Å². The molecule has 0 radical (unpaired) electrons. The minimum absolute atomic E-state index is 0.0894. The van der Waals surface area contributed by atoms with Gasteiger partial charge in [-0.2, -0.15) is 13.2 Å². The molecule has 2 N–H and O–H groups in total. The summed E-state index contributed by atoms with van der Waals surface area (Å²) in [6, 6.07) is 0. The minimum atomic E-state index is -4.43. The molecule has 2 rings (SSSR count). The Morgan fingerprint density at radius 2 is 2.00 bits per heavy atom. The number of carbonyl (C=O) groups excluding carboxylic acids is 1. The number of hydrogen-bond donors (Lipinski definition) is 2. The van der Waals surface area contributed by atoms with Crippen LogP contribution in [0.2, 0.25) is 0 Å². The highest BCUT2D eigenvalue weighted by molar-refractivity contribution is 7.17. The molecular formula is C10H9F3N2O3S. The minimum Gasteiger partial charge on any atom is -0.476 e. The van der Waals surface area contributed by atoms with E-state index in [1.54, 1.807) is 0 Å². The zero-order valence-electron chi connectivity index (χ0n) is 9.67. The summed E-state index contributed by atoms with van der Waals surface area (Å²) in [5, 5.41) is 10.9. The van der Waals surface area contributed by atoms with Crippen molar-refractivity contribution in [2.75, 3.05) is 5.32 Å². The molecule has 1 heterocycles. The Labute approximate surface area is 109 Å². The Bertz CT molecular complexity index is 517. The van der Waals surface area contributed by atoms with Crippen LogP contribution in [0.5, 0.6) is 0 Å². The van der Waals surface area contributed by atoms with E-state index >= 15 is 0 Å². The van der Waals surface area contributed by atoms with Crippen molar-refractivity contribution < 1.29 is 27.9 Å². The van der Waals surface area contributed by atoms with Crippen LogP contribution in [0.4, 0.5) is 18.3 Å². The predicted octanol–water partition coefficient (Wildman–Crippen LogP) is 2.55. The number of aromatic nitrogens is 1. The van der Waals surface area contributed by atoms with Crippen molar-refractivity contribution in [1.29, 1.82) is 0 Å². The normalized spacial score (nSPS) is 17.1. The Morgan fingerprint density at radius 1 is 1.42 bits per heavy atom. The second kappa shape index (κ2) is 4.19. The summed E-state index contributed by atoms with van der Waals surface area (Å²) in [4.78, 5) is 25.5. The lowest BCUT2D eigenvalue weighted by atomic mass is 10.3. The number of halogens is 3. The number of carboxylic acid groups (broad SMARTS) is 1. The first kappa shape index (κ1) is 13.8. The average Bonchev–Trinajstić information content (AvgIpc) is 2.89. The van der Waals surface area contributed by atoms with Crippen molar-refractivity contribution in [2.24, 2.45) is 0 Å². The van der Waals surface area contributed by atoms with Gasteiger partial charge in [0.05, 0.1) is 0 Å². The average molecular weight is 294 g/mol. The van der Waals surface area contributed by atoms with E-state index in [4.69, 9.17) is 5.11 Å². The smallest absolute Gasteiger partial charge is 0.411 e. The standard InChI is InChI=1S/C10H9F3N2O3S/c1-4(16)6-5(7(17)18)14-8(19-6)15-9(2-3-9)10(11,12)13/h2-3H2,1H3,(H,14,15)(H,17,18). The molecule has 1 saturated carbocycles. The van der Waals surface area contributed by atoms with E-state index < -0.39 is 29.2 Å². The van der Waals surface area contributed by atoms with Crippen LogP contribution in [0.3, 0.4) is 0 Å². The second-order valence-corrected chi connectivity index (χ2v) is 5.26. The molecule has 1 aliphatic rings. The number of ketones is 1. The van der Waals surface area contributed by atoms with E-state index in [-0.39, 0.29) is 22.9 Å². The number of thiazole rings is 1. The number of Topliss-reactive ketones (excluding diaryl/α,β-unsaturated/α-hetero) is 1. The van der Waals surface area contributed by atoms with Gasteiger partial charge in [-0.25, -0.2) is 9.78 Å². The van der Waals surface area contributed by atoms with E-state index in [9.17, 15) is 22.8 Å². The number of alkyl halides is 3. The zero-order valence-corrected chi connectivity index (χ0v) is 10.5. The van der Waals surface area contributed by atoms with Gasteiger partial charge >= 0.3 is 12.1 Å². The van der Waals surface area contributed by atoms with Gasteiger partial charge in [0.25, 0.3) is 0 Å². The summed E-state index contributed by atoms with van der Waals surface area (Å²) in [5.41, 5.74) is -2.55. The number of carbonyl (C=O) groups is 2. The van der Waals surface area contributed by atoms with Crippen LogP contribution in [0, 0.1) is 0 Å². The quantitative estimate of drug-likeness (QED) is 0.834. The number of aromatic carboxylic acids is 1. The molecule has 0 unspecified atom stereocenters. The third kappa shape index (κ3) is 2.42. The van der Waals surface area contributed by atoms with Gasteiger partial charge in [-0.15, -0.1) is 0 Å². The van der Waals surface area contributed by atoms with E-state index in [1.165, 1.54) is 0 Å². The van der Waals surface area contributed by atoms with Gasteiger partial charge in [0.1, 0.15) is 10.4 Å². The summed E-state index contributed by atoms with van der Waals surface area (Å²) in [7, 11) is 0. The van der Waals surface area contributed by atoms with Crippen LogP contribution in [-0.4, -0.2) is 33.6 Å². The summed E-state index contributed by atoms with van der Waals surface area (Å²) in [6.07, 6.45) is -4.61. The molecule has 1 aliphatic carbocycles. The summed E-state index contributed by atoms with van der Waals surface area (Å²) >= 11 is 0.626. The molecule has 19 heavy (non-hydrogen) atoms. The Hall–Kier alpha value is -1.64. The van der Waals surface area contributed by atoms with Gasteiger partial charge in [-0.05, 0) is 12.8 Å². The Kier molecular flexibility index (Phi) is 3.04. The van der Waals surface area contributed by atoms with Crippen LogP contribution in [-0.2, 0) is 0 Å². The monoisotopic (exact) mass is 294 g/mol. The molecule has 0 bridgehead atoms. The largest absolute Gasteiger partial charge is 0.476 e. The topological polar surface area (TPSA) is 79.3 Å². The third-order valence-electron chi connectivity index (χ3n) is 2.79. The van der Waals surface area contributed by atoms with Crippen LogP contribution in [0.1, 0.15) is 39.9 Å². The lowest BCUT2D eigenvalue weighted by molar-refractivity contribution is -0.151. The van der Waals surface area contributed by atoms with Gasteiger partial charge in [0.15, 0.2) is 16.6 Å². The van der Waals surface area contributed by atoms with E-state index in [1.807, 2.05) is 0 Å². The van der Waals surface area contributed by atoms with Crippen LogP contribution in [0.25, 0.3) is 0 Å². The van der Waals surface area contributed by atoms with E-state index in [2.05, 4.69) is 10.3 Å². The van der Waals surface area contributed by atoms with Crippen LogP contribution < -0.4 is 5.32 Å². The van der Waals surface area contributed by atoms with E-state index in [0.29, 0.717) is 11.3 Å². The molecule has 0 saturated heterocycles. The van der Waals surface area contributed by atoms with E-state index in [0.717, 1.165) is 6.92 Å². The molecule has 0 spiro atoms. The highest BCUT2D eigenvalue weighted by atomic mass is 32.1. The molecular weight excluding hydrogens is 285 g/mol. The molecule has 1 fully saturated rings. The van der Waals surface area contributed by atoms with Gasteiger partial charge in [0.2, 0.25) is 0 Å². The molecule has 0 aliphatic heterocycles. The van der Waals surface area contributed by atoms with Gasteiger partial charge < -0.3 is 10.4 Å². The molecule has 9 heteroatoms. The van der Waals surface area contributed by atoms with Crippen molar-refractivity contribution in [3.05, 3.63) is 10.6 Å². The second-order valence-electron chi connectivity index (χ2n) is 4.26. The highest BCUT2D eigenvalue weighted by Crippen LogP contribution is 2.51. The molecule has 0 aromatic carbocycles. The van der Waals surface area contributed by atoms with Crippen molar-refractivity contribution >= 4 is 28.2 Å². The number of anilines is 1. The maximum Gasteiger partial charge on any atom is 0.411 e. The fourth-order valence-electron chi connectivity index (χ4n) is 1.57. The third-order valence-corrected chi connectivity index (χ3v) is 3.86. The SMILES string of the molecule is CC(=O)c1sc(NC2(C(F)(F)F)CC2)nc1C(=O)O. The lowest BCUT2D eigenvalue weighted by Crippen LogP contribution is -2.38. The Morgan fingerprint density at radius 3 is 2.32 bits per heavy atom. The van der Waals surface area contributed by atoms with Crippen molar-refractivity contribution in [1.82, 2.24) is 4.98 Å². The van der Waals surface area contributed by atoms with Crippen LogP contribution in [0.15, 0.2) is 0 Å². The maximum absolute atomic E-state index is 12.7. The number of hydrogen-bond acceptors (Lipinski definition) is 5. The summed E-state index contributed by atoms with van der Waals surface area (Å²) in [5.74, 6) is -1.98. The van der Waals surface area contributed by atoms with Gasteiger partial charge in [0, 0.05) is 6.92 Å². The van der Waals surface area contributed by atoms with Crippen molar-refractivity contribution in [2.45, 2.75) is 31.5 Å². The fraction of sp³-hybridized carbons (Fsp3) is 0.500. The predicted molar refractivity (Wildman–Crippen MR) is 60.7 cm³/mol. The molecule has 5 nitrogen and oxygen atoms in total. The first-order chi connectivity index (χ1) is 8.66. The highest BCUT2D eigenvalue weighted by Gasteiger charge is 2.64. The molecule has 1 aromatic heterocycles. The summed E-state index contributed by atoms with van der Waals surface area (Å²) < 4.78 is 38.2. The lowest BCUT2D eigenvalue weighted by Gasteiger charge is -2.19. The first-order valence-electron chi connectivity index (χ1n) is 5.26.